The third-order valence-corrected chi connectivity index (χ3v) is 1.80. The Morgan fingerprint density at radius 1 is 1.55 bits per heavy atom. The molecule has 0 aromatic heterocycles. The van der Waals surface area contributed by atoms with Crippen LogP contribution >= 0.6 is 0 Å². The molecule has 1 atom stereocenters. The predicted octanol–water partition coefficient (Wildman–Crippen LogP) is -1.98. The van der Waals surface area contributed by atoms with Gasteiger partial charge in [-0.3, -0.25) is 16.6 Å². The van der Waals surface area contributed by atoms with E-state index < -0.39 is 0 Å². The summed E-state index contributed by atoms with van der Waals surface area (Å²) in [5.74, 6) is 8.00. The van der Waals surface area contributed by atoms with Crippen LogP contribution in [0.1, 0.15) is 6.92 Å². The molecular weight excluding hydrogens is 142 g/mol. The Morgan fingerprint density at radius 2 is 2.18 bits per heavy atom. The molecule has 0 amide bonds. The highest BCUT2D eigenvalue weighted by molar-refractivity contribution is 4.73. The second kappa shape index (κ2) is 6.51. The van der Waals surface area contributed by atoms with Crippen molar-refractivity contribution < 1.29 is 0 Å². The largest absolute Gasteiger partial charge is 0.315 e. The minimum absolute atomic E-state index is 0.240. The molecule has 1 unspecified atom stereocenters. The highest BCUT2D eigenvalue weighted by atomic mass is 15.3. The Morgan fingerprint density at radius 3 is 2.55 bits per heavy atom. The fourth-order valence-corrected chi connectivity index (χ4v) is 1.16. The lowest BCUT2D eigenvalue weighted by Gasteiger charge is -2.32. The Kier molecular flexibility index (Phi) is 6.39. The van der Waals surface area contributed by atoms with Crippen molar-refractivity contribution in [1.82, 2.24) is 10.2 Å². The second-order valence-electron chi connectivity index (χ2n) is 2.40. The molecule has 0 aromatic carbocycles. The van der Waals surface area contributed by atoms with E-state index in [1.165, 1.54) is 0 Å². The smallest absolute Gasteiger partial charge is 0.0700 e. The van der Waals surface area contributed by atoms with Gasteiger partial charge in [-0.05, 0) is 6.54 Å². The third kappa shape index (κ3) is 3.64. The Hall–Kier alpha value is -0.200. The molecule has 1 aliphatic heterocycles. The maximum atomic E-state index is 5.75. The lowest BCUT2D eigenvalue weighted by atomic mass is 10.3. The minimum atomic E-state index is 0.240. The first-order valence-electron chi connectivity index (χ1n) is 3.88. The summed E-state index contributed by atoms with van der Waals surface area (Å²) >= 11 is 0. The van der Waals surface area contributed by atoms with Crippen molar-refractivity contribution in [2.24, 2.45) is 17.4 Å². The summed E-state index contributed by atoms with van der Waals surface area (Å²) in [6.45, 7) is 6.33. The van der Waals surface area contributed by atoms with Gasteiger partial charge in [0.25, 0.3) is 0 Å². The van der Waals surface area contributed by atoms with Gasteiger partial charge in [0, 0.05) is 19.6 Å². The molecule has 1 rings (SSSR count). The number of nitrogens with two attached hydrogens (primary N) is 3. The molecule has 1 saturated heterocycles. The van der Waals surface area contributed by atoms with Gasteiger partial charge in [0.2, 0.25) is 0 Å². The van der Waals surface area contributed by atoms with Gasteiger partial charge in [-0.15, -0.1) is 0 Å². The molecule has 5 nitrogen and oxygen atoms in total. The summed E-state index contributed by atoms with van der Waals surface area (Å²) in [6, 6.07) is 0. The second-order valence-corrected chi connectivity index (χ2v) is 2.40. The quantitative estimate of drug-likeness (QED) is 0.264. The molecule has 0 bridgehead atoms. The van der Waals surface area contributed by atoms with E-state index >= 15 is 0 Å². The van der Waals surface area contributed by atoms with E-state index in [0.717, 1.165) is 26.2 Å². The van der Waals surface area contributed by atoms with Crippen LogP contribution in [0.4, 0.5) is 0 Å². The fraction of sp³-hybridized carbons (Fsp3) is 1.00. The standard InChI is InChI=1S/C6H15N3.H4N2/c1-2-9-4-3-8-5-6(9)7;1-2/h6,8H,2-5,7H2,1H3;1-2H2. The summed E-state index contributed by atoms with van der Waals surface area (Å²) in [5.41, 5.74) is 5.75. The molecule has 0 aliphatic carbocycles. The summed E-state index contributed by atoms with van der Waals surface area (Å²) in [6.07, 6.45) is 0.240. The van der Waals surface area contributed by atoms with Gasteiger partial charge in [-0.1, -0.05) is 6.92 Å². The van der Waals surface area contributed by atoms with Crippen LogP contribution in [0.3, 0.4) is 0 Å². The van der Waals surface area contributed by atoms with Crippen molar-refractivity contribution in [3.05, 3.63) is 0 Å². The average molecular weight is 161 g/mol. The van der Waals surface area contributed by atoms with E-state index in [9.17, 15) is 0 Å². The van der Waals surface area contributed by atoms with Crippen molar-refractivity contribution in [2.75, 3.05) is 26.2 Å². The highest BCUT2D eigenvalue weighted by Gasteiger charge is 2.14. The van der Waals surface area contributed by atoms with E-state index in [2.05, 4.69) is 28.8 Å². The lowest BCUT2D eigenvalue weighted by Crippen LogP contribution is -2.55. The maximum absolute atomic E-state index is 5.75. The van der Waals surface area contributed by atoms with Crippen LogP contribution in [-0.2, 0) is 0 Å². The van der Waals surface area contributed by atoms with E-state index in [-0.39, 0.29) is 6.17 Å². The molecule has 0 aromatic rings. The number of likely N-dealkylation sites (N-methyl/N-ethyl adjacent to an activating group) is 1. The van der Waals surface area contributed by atoms with Crippen molar-refractivity contribution in [3.63, 3.8) is 0 Å². The number of piperazine rings is 1. The van der Waals surface area contributed by atoms with Gasteiger partial charge in [0.15, 0.2) is 0 Å². The lowest BCUT2D eigenvalue weighted by molar-refractivity contribution is 0.174. The Labute approximate surface area is 67.9 Å². The van der Waals surface area contributed by atoms with Gasteiger partial charge in [-0.2, -0.15) is 0 Å². The highest BCUT2D eigenvalue weighted by Crippen LogP contribution is 1.94. The normalized spacial score (nSPS) is 25.6. The van der Waals surface area contributed by atoms with E-state index in [1.54, 1.807) is 0 Å². The van der Waals surface area contributed by atoms with Gasteiger partial charge >= 0.3 is 0 Å². The topological polar surface area (TPSA) is 93.3 Å². The predicted molar refractivity (Wildman–Crippen MR) is 46.5 cm³/mol. The van der Waals surface area contributed by atoms with Crippen LogP contribution < -0.4 is 22.7 Å². The Balaban J connectivity index is 0.000000461. The van der Waals surface area contributed by atoms with Crippen LogP contribution in [-0.4, -0.2) is 37.2 Å². The zero-order valence-electron chi connectivity index (χ0n) is 7.09. The van der Waals surface area contributed by atoms with Crippen LogP contribution in [0.25, 0.3) is 0 Å². The van der Waals surface area contributed by atoms with Crippen LogP contribution in [0.15, 0.2) is 0 Å². The van der Waals surface area contributed by atoms with Crippen LogP contribution in [0.5, 0.6) is 0 Å². The SMILES string of the molecule is CCN1CCNCC1N.NN. The summed E-state index contributed by atoms with van der Waals surface area (Å²) in [7, 11) is 0. The van der Waals surface area contributed by atoms with Crippen LogP contribution in [0, 0.1) is 0 Å². The monoisotopic (exact) mass is 161 g/mol. The molecule has 1 aliphatic rings. The molecular formula is C6H19N5. The maximum Gasteiger partial charge on any atom is 0.0700 e. The molecule has 11 heavy (non-hydrogen) atoms. The first kappa shape index (κ1) is 10.8. The van der Waals surface area contributed by atoms with E-state index in [0.29, 0.717) is 0 Å². The van der Waals surface area contributed by atoms with Crippen molar-refractivity contribution >= 4 is 0 Å². The number of rotatable bonds is 1. The number of hydrazine groups is 1. The minimum Gasteiger partial charge on any atom is -0.315 e. The molecule has 0 radical (unpaired) electrons. The number of hydrogen-bond acceptors (Lipinski definition) is 5. The molecule has 0 spiro atoms. The number of nitrogens with one attached hydrogen (secondary N) is 1. The first-order valence-corrected chi connectivity index (χ1v) is 3.88. The Bertz CT molecular complexity index is 87.0. The van der Waals surface area contributed by atoms with Crippen molar-refractivity contribution in [2.45, 2.75) is 13.1 Å². The molecule has 5 heteroatoms. The van der Waals surface area contributed by atoms with Gasteiger partial charge in [0.1, 0.15) is 0 Å². The first-order chi connectivity index (χ1) is 5.34. The number of nitrogens with zero attached hydrogens (tertiary/aromatic N) is 1. The molecule has 68 valence electrons. The van der Waals surface area contributed by atoms with Gasteiger partial charge in [0.05, 0.1) is 6.17 Å². The zero-order valence-corrected chi connectivity index (χ0v) is 7.09. The summed E-state index contributed by atoms with van der Waals surface area (Å²) in [5, 5.41) is 3.23. The molecule has 7 N–H and O–H groups in total. The molecule has 0 saturated carbocycles. The molecule has 1 heterocycles. The average Bonchev–Trinajstić information content (AvgIpc) is 2.09. The van der Waals surface area contributed by atoms with Gasteiger partial charge in [-0.25, -0.2) is 0 Å². The van der Waals surface area contributed by atoms with E-state index in [1.807, 2.05) is 0 Å². The molecule has 1 fully saturated rings. The number of hydrogen-bond donors (Lipinski definition) is 4. The van der Waals surface area contributed by atoms with Crippen molar-refractivity contribution in [3.8, 4) is 0 Å². The van der Waals surface area contributed by atoms with Gasteiger partial charge < -0.3 is 11.1 Å². The van der Waals surface area contributed by atoms with Crippen molar-refractivity contribution in [1.29, 1.82) is 0 Å². The van der Waals surface area contributed by atoms with Crippen LogP contribution in [0.2, 0.25) is 0 Å². The zero-order chi connectivity index (χ0) is 8.69. The summed E-state index contributed by atoms with van der Waals surface area (Å²) < 4.78 is 0. The fourth-order valence-electron chi connectivity index (χ4n) is 1.16. The third-order valence-electron chi connectivity index (χ3n) is 1.80. The van der Waals surface area contributed by atoms with E-state index in [4.69, 9.17) is 5.73 Å². The summed E-state index contributed by atoms with van der Waals surface area (Å²) in [4.78, 5) is 2.27.